The molecule has 3 aromatic rings. The molecule has 0 bridgehead atoms. The standard InChI is InChI=1S/C18H14Cl2FN3S/c1-2-22-18-24(23-10-14-15(20)4-3-5-16(14)21)17(11-25-18)12-6-8-13(19)9-7-12/h3-11H,2H2,1H3. The Hall–Kier alpha value is -1.95. The highest BCUT2D eigenvalue weighted by molar-refractivity contribution is 7.07. The summed E-state index contributed by atoms with van der Waals surface area (Å²) in [6, 6.07) is 12.0. The molecule has 2 aromatic carbocycles. The lowest BCUT2D eigenvalue weighted by Crippen LogP contribution is -2.12. The Labute approximate surface area is 158 Å². The minimum Gasteiger partial charge on any atom is -0.258 e. The number of benzene rings is 2. The van der Waals surface area contributed by atoms with E-state index in [-0.39, 0.29) is 5.56 Å². The Bertz CT molecular complexity index is 954. The van der Waals surface area contributed by atoms with E-state index in [4.69, 9.17) is 23.2 Å². The average Bonchev–Trinajstić information content (AvgIpc) is 2.98. The van der Waals surface area contributed by atoms with Crippen molar-refractivity contribution >= 4 is 40.8 Å². The van der Waals surface area contributed by atoms with Gasteiger partial charge in [0.1, 0.15) is 5.82 Å². The lowest BCUT2D eigenvalue weighted by molar-refractivity contribution is 0.625. The maximum Gasteiger partial charge on any atom is 0.206 e. The summed E-state index contributed by atoms with van der Waals surface area (Å²) in [7, 11) is 0. The van der Waals surface area contributed by atoms with Gasteiger partial charge in [-0.2, -0.15) is 5.10 Å². The Morgan fingerprint density at radius 3 is 2.60 bits per heavy atom. The summed E-state index contributed by atoms with van der Waals surface area (Å²) >= 11 is 13.5. The van der Waals surface area contributed by atoms with Crippen molar-refractivity contribution in [2.24, 2.45) is 10.1 Å². The van der Waals surface area contributed by atoms with E-state index in [9.17, 15) is 4.39 Å². The highest BCUT2D eigenvalue weighted by atomic mass is 35.5. The topological polar surface area (TPSA) is 29.6 Å². The van der Waals surface area contributed by atoms with Crippen molar-refractivity contribution in [3.8, 4) is 11.3 Å². The van der Waals surface area contributed by atoms with Crippen molar-refractivity contribution in [1.82, 2.24) is 4.68 Å². The third kappa shape index (κ3) is 4.00. The van der Waals surface area contributed by atoms with Gasteiger partial charge in [0.15, 0.2) is 0 Å². The zero-order valence-electron chi connectivity index (χ0n) is 13.3. The lowest BCUT2D eigenvalue weighted by Gasteiger charge is -2.04. The van der Waals surface area contributed by atoms with Crippen LogP contribution in [0.3, 0.4) is 0 Å². The Kier molecular flexibility index (Phi) is 5.68. The van der Waals surface area contributed by atoms with Gasteiger partial charge in [0, 0.05) is 28.1 Å². The van der Waals surface area contributed by atoms with E-state index in [1.165, 1.54) is 23.6 Å². The Morgan fingerprint density at radius 1 is 1.16 bits per heavy atom. The second kappa shape index (κ2) is 7.95. The molecule has 0 aliphatic carbocycles. The number of rotatable bonds is 4. The molecule has 0 N–H and O–H groups in total. The minimum atomic E-state index is -0.422. The van der Waals surface area contributed by atoms with Crippen LogP contribution in [0.15, 0.2) is 57.9 Å². The van der Waals surface area contributed by atoms with Crippen molar-refractivity contribution in [2.45, 2.75) is 6.92 Å². The SMILES string of the molecule is CCN=c1scc(-c2ccc(Cl)cc2)n1N=Cc1c(F)cccc1Cl. The summed E-state index contributed by atoms with van der Waals surface area (Å²) in [6.45, 7) is 2.57. The Balaban J connectivity index is 2.11. The fraction of sp³-hybridized carbons (Fsp3) is 0.111. The molecule has 0 fully saturated rings. The van der Waals surface area contributed by atoms with E-state index in [0.29, 0.717) is 16.6 Å². The molecule has 0 amide bonds. The second-order valence-corrected chi connectivity index (χ2v) is 6.76. The molecule has 0 aliphatic rings. The number of hydrogen-bond donors (Lipinski definition) is 0. The monoisotopic (exact) mass is 393 g/mol. The van der Waals surface area contributed by atoms with Gasteiger partial charge in [-0.25, -0.2) is 9.07 Å². The van der Waals surface area contributed by atoms with Gasteiger partial charge in [0.05, 0.1) is 16.9 Å². The van der Waals surface area contributed by atoms with Crippen molar-refractivity contribution in [3.63, 3.8) is 0 Å². The summed E-state index contributed by atoms with van der Waals surface area (Å²) < 4.78 is 15.7. The second-order valence-electron chi connectivity index (χ2n) is 5.08. The predicted molar refractivity (Wildman–Crippen MR) is 103 cm³/mol. The number of halogens is 3. The van der Waals surface area contributed by atoms with Crippen LogP contribution in [0.25, 0.3) is 11.3 Å². The van der Waals surface area contributed by atoms with E-state index in [1.54, 1.807) is 16.8 Å². The zero-order valence-corrected chi connectivity index (χ0v) is 15.6. The van der Waals surface area contributed by atoms with Gasteiger partial charge in [-0.05, 0) is 31.2 Å². The van der Waals surface area contributed by atoms with Crippen LogP contribution < -0.4 is 4.80 Å². The first-order chi connectivity index (χ1) is 12.1. The van der Waals surface area contributed by atoms with Gasteiger partial charge < -0.3 is 0 Å². The maximum absolute atomic E-state index is 14.0. The molecule has 0 spiro atoms. The molecule has 0 unspecified atom stereocenters. The van der Waals surface area contributed by atoms with Crippen molar-refractivity contribution < 1.29 is 4.39 Å². The molecule has 0 saturated carbocycles. The Morgan fingerprint density at radius 2 is 1.92 bits per heavy atom. The number of nitrogens with zero attached hydrogens (tertiary/aromatic N) is 3. The smallest absolute Gasteiger partial charge is 0.206 e. The van der Waals surface area contributed by atoms with Crippen molar-refractivity contribution in [1.29, 1.82) is 0 Å². The molecule has 7 heteroatoms. The predicted octanol–water partition coefficient (Wildman–Crippen LogP) is 5.47. The van der Waals surface area contributed by atoms with Gasteiger partial charge in [-0.3, -0.25) is 4.99 Å². The van der Waals surface area contributed by atoms with Gasteiger partial charge in [-0.15, -0.1) is 11.3 Å². The molecule has 3 nitrogen and oxygen atoms in total. The average molecular weight is 394 g/mol. The molecule has 0 radical (unpaired) electrons. The van der Waals surface area contributed by atoms with Crippen LogP contribution in [0, 0.1) is 5.82 Å². The fourth-order valence-corrected chi connectivity index (χ4v) is 3.46. The van der Waals surface area contributed by atoms with E-state index >= 15 is 0 Å². The molecule has 128 valence electrons. The highest BCUT2D eigenvalue weighted by Crippen LogP contribution is 2.23. The van der Waals surface area contributed by atoms with Crippen LogP contribution in [-0.2, 0) is 0 Å². The van der Waals surface area contributed by atoms with Gasteiger partial charge in [0.25, 0.3) is 0 Å². The normalized spacial score (nSPS) is 12.2. The molecule has 25 heavy (non-hydrogen) atoms. The zero-order chi connectivity index (χ0) is 17.8. The minimum absolute atomic E-state index is 0.243. The van der Waals surface area contributed by atoms with Gasteiger partial charge in [-0.1, -0.05) is 41.4 Å². The van der Waals surface area contributed by atoms with Crippen LogP contribution >= 0.6 is 34.5 Å². The van der Waals surface area contributed by atoms with Gasteiger partial charge in [0.2, 0.25) is 4.80 Å². The molecule has 0 saturated heterocycles. The van der Waals surface area contributed by atoms with Crippen LogP contribution in [0.1, 0.15) is 12.5 Å². The van der Waals surface area contributed by atoms with Crippen LogP contribution in [0.2, 0.25) is 10.0 Å². The third-order valence-electron chi connectivity index (χ3n) is 3.42. The molecular weight excluding hydrogens is 380 g/mol. The first-order valence-electron chi connectivity index (χ1n) is 7.55. The number of hydrogen-bond acceptors (Lipinski definition) is 3. The van der Waals surface area contributed by atoms with E-state index < -0.39 is 5.82 Å². The van der Waals surface area contributed by atoms with Crippen LogP contribution in [0.4, 0.5) is 4.39 Å². The summed E-state index contributed by atoms with van der Waals surface area (Å²) in [5, 5.41) is 7.35. The molecule has 1 heterocycles. The number of aromatic nitrogens is 1. The third-order valence-corrected chi connectivity index (χ3v) is 4.86. The highest BCUT2D eigenvalue weighted by Gasteiger charge is 2.09. The summed E-state index contributed by atoms with van der Waals surface area (Å²) in [6.07, 6.45) is 1.42. The molecule has 3 rings (SSSR count). The molecule has 1 aromatic heterocycles. The number of thiazole rings is 1. The quantitative estimate of drug-likeness (QED) is 0.526. The molecule has 0 atom stereocenters. The molecule has 0 aliphatic heterocycles. The largest absolute Gasteiger partial charge is 0.258 e. The van der Waals surface area contributed by atoms with Crippen LogP contribution in [0.5, 0.6) is 0 Å². The summed E-state index contributed by atoms with van der Waals surface area (Å²) in [5.74, 6) is -0.422. The van der Waals surface area contributed by atoms with E-state index in [1.807, 2.05) is 36.6 Å². The van der Waals surface area contributed by atoms with E-state index in [0.717, 1.165) is 16.1 Å². The lowest BCUT2D eigenvalue weighted by atomic mass is 10.2. The van der Waals surface area contributed by atoms with Crippen LogP contribution in [-0.4, -0.2) is 17.4 Å². The van der Waals surface area contributed by atoms with Crippen molar-refractivity contribution in [2.75, 3.05) is 6.54 Å². The first-order valence-corrected chi connectivity index (χ1v) is 9.19. The molecular formula is C18H14Cl2FN3S. The summed E-state index contributed by atoms with van der Waals surface area (Å²) in [5.41, 5.74) is 2.03. The van der Waals surface area contributed by atoms with Crippen molar-refractivity contribution in [3.05, 3.63) is 74.1 Å². The maximum atomic E-state index is 14.0. The first kappa shape index (κ1) is 17.9. The summed E-state index contributed by atoms with van der Waals surface area (Å²) in [4.78, 5) is 5.16. The van der Waals surface area contributed by atoms with E-state index in [2.05, 4.69) is 10.1 Å². The van der Waals surface area contributed by atoms with Gasteiger partial charge >= 0.3 is 0 Å². The fourth-order valence-electron chi connectivity index (χ4n) is 2.22.